The number of nitrogens with one attached hydrogen (secondary N) is 1. The first-order chi connectivity index (χ1) is 11.2. The zero-order chi connectivity index (χ0) is 16.1. The van der Waals surface area contributed by atoms with Gasteiger partial charge in [0.1, 0.15) is 10.8 Å². The van der Waals surface area contributed by atoms with Crippen LogP contribution in [0.4, 0.5) is 5.69 Å². The van der Waals surface area contributed by atoms with Gasteiger partial charge in [-0.1, -0.05) is 18.2 Å². The number of methoxy groups -OCH3 is 1. The number of ether oxygens (including phenoxy) is 1. The Morgan fingerprint density at radius 3 is 2.57 bits per heavy atom. The van der Waals surface area contributed by atoms with E-state index in [0.717, 1.165) is 27.7 Å². The monoisotopic (exact) mass is 324 g/mol. The van der Waals surface area contributed by atoms with E-state index in [2.05, 4.69) is 10.3 Å². The SMILES string of the molecule is COc1ccc(-c2nc(CC(=O)Nc3ccccc3)cs2)cc1. The number of anilines is 1. The quantitative estimate of drug-likeness (QED) is 0.772. The van der Waals surface area contributed by atoms with Gasteiger partial charge in [0.2, 0.25) is 5.91 Å². The summed E-state index contributed by atoms with van der Waals surface area (Å²) >= 11 is 1.53. The minimum atomic E-state index is -0.0669. The van der Waals surface area contributed by atoms with Gasteiger partial charge in [0.15, 0.2) is 0 Å². The van der Waals surface area contributed by atoms with Crippen molar-refractivity contribution >= 4 is 22.9 Å². The summed E-state index contributed by atoms with van der Waals surface area (Å²) in [7, 11) is 1.64. The normalized spacial score (nSPS) is 10.3. The molecule has 1 N–H and O–H groups in total. The molecule has 0 unspecified atom stereocenters. The summed E-state index contributed by atoms with van der Waals surface area (Å²) in [5, 5.41) is 5.68. The molecular formula is C18H16N2O2S. The Balaban J connectivity index is 1.65. The Morgan fingerprint density at radius 1 is 1.13 bits per heavy atom. The Bertz CT molecular complexity index is 782. The number of hydrogen-bond acceptors (Lipinski definition) is 4. The van der Waals surface area contributed by atoms with Crippen LogP contribution in [0.15, 0.2) is 60.0 Å². The summed E-state index contributed by atoms with van der Waals surface area (Å²) in [4.78, 5) is 16.6. The number of carbonyl (C=O) groups excluding carboxylic acids is 1. The van der Waals surface area contributed by atoms with Gasteiger partial charge in [0.25, 0.3) is 0 Å². The van der Waals surface area contributed by atoms with Crippen LogP contribution in [0.25, 0.3) is 10.6 Å². The molecule has 3 rings (SSSR count). The highest BCUT2D eigenvalue weighted by atomic mass is 32.1. The van der Waals surface area contributed by atoms with E-state index < -0.39 is 0 Å². The molecule has 0 saturated carbocycles. The van der Waals surface area contributed by atoms with Crippen LogP contribution in [0.2, 0.25) is 0 Å². The lowest BCUT2D eigenvalue weighted by atomic mass is 10.2. The highest BCUT2D eigenvalue weighted by Gasteiger charge is 2.09. The van der Waals surface area contributed by atoms with E-state index in [1.165, 1.54) is 11.3 Å². The van der Waals surface area contributed by atoms with Gasteiger partial charge in [-0.05, 0) is 36.4 Å². The molecule has 0 aliphatic rings. The first-order valence-corrected chi connectivity index (χ1v) is 8.06. The van der Waals surface area contributed by atoms with E-state index in [9.17, 15) is 4.79 Å². The summed E-state index contributed by atoms with van der Waals surface area (Å²) in [6.45, 7) is 0. The molecular weight excluding hydrogens is 308 g/mol. The molecule has 5 heteroatoms. The van der Waals surface area contributed by atoms with Gasteiger partial charge >= 0.3 is 0 Å². The van der Waals surface area contributed by atoms with Crippen molar-refractivity contribution in [1.82, 2.24) is 4.98 Å². The predicted octanol–water partition coefficient (Wildman–Crippen LogP) is 4.00. The lowest BCUT2D eigenvalue weighted by Gasteiger charge is -2.03. The van der Waals surface area contributed by atoms with Crippen molar-refractivity contribution in [3.8, 4) is 16.3 Å². The maximum atomic E-state index is 12.0. The van der Waals surface area contributed by atoms with Gasteiger partial charge in [0, 0.05) is 16.6 Å². The number of benzene rings is 2. The van der Waals surface area contributed by atoms with Crippen molar-refractivity contribution in [3.05, 3.63) is 65.7 Å². The number of nitrogens with zero attached hydrogens (tertiary/aromatic N) is 1. The van der Waals surface area contributed by atoms with E-state index in [1.807, 2.05) is 60.0 Å². The second-order valence-corrected chi connectivity index (χ2v) is 5.82. The fourth-order valence-corrected chi connectivity index (χ4v) is 2.97. The van der Waals surface area contributed by atoms with E-state index >= 15 is 0 Å². The van der Waals surface area contributed by atoms with E-state index in [0.29, 0.717) is 0 Å². The summed E-state index contributed by atoms with van der Waals surface area (Å²) in [6, 6.07) is 17.1. The lowest BCUT2D eigenvalue weighted by Crippen LogP contribution is -2.14. The summed E-state index contributed by atoms with van der Waals surface area (Å²) in [5.74, 6) is 0.746. The van der Waals surface area contributed by atoms with Crippen molar-refractivity contribution in [1.29, 1.82) is 0 Å². The molecule has 3 aromatic rings. The van der Waals surface area contributed by atoms with Gasteiger partial charge in [0.05, 0.1) is 19.2 Å². The first kappa shape index (κ1) is 15.2. The average Bonchev–Trinajstić information content (AvgIpc) is 3.04. The molecule has 1 amide bonds. The predicted molar refractivity (Wildman–Crippen MR) is 92.9 cm³/mol. The molecule has 0 fully saturated rings. The molecule has 0 saturated heterocycles. The average molecular weight is 324 g/mol. The molecule has 4 nitrogen and oxygen atoms in total. The molecule has 0 aliphatic heterocycles. The van der Waals surface area contributed by atoms with Gasteiger partial charge < -0.3 is 10.1 Å². The summed E-state index contributed by atoms with van der Waals surface area (Å²) in [5.41, 5.74) is 2.59. The van der Waals surface area contributed by atoms with Crippen molar-refractivity contribution in [3.63, 3.8) is 0 Å². The van der Waals surface area contributed by atoms with E-state index in [4.69, 9.17) is 4.74 Å². The van der Waals surface area contributed by atoms with Gasteiger partial charge in [-0.15, -0.1) is 11.3 Å². The highest BCUT2D eigenvalue weighted by molar-refractivity contribution is 7.13. The van der Waals surface area contributed by atoms with Crippen LogP contribution in [0, 0.1) is 0 Å². The van der Waals surface area contributed by atoms with Crippen LogP contribution in [-0.2, 0) is 11.2 Å². The standard InChI is InChI=1S/C18H16N2O2S/c1-22-16-9-7-13(8-10-16)18-20-15(12-23-18)11-17(21)19-14-5-3-2-4-6-14/h2-10,12H,11H2,1H3,(H,19,21). The fourth-order valence-electron chi connectivity index (χ4n) is 2.15. The zero-order valence-electron chi connectivity index (χ0n) is 12.7. The Hall–Kier alpha value is -2.66. The number of aromatic nitrogens is 1. The van der Waals surface area contributed by atoms with E-state index in [-0.39, 0.29) is 12.3 Å². The summed E-state index contributed by atoms with van der Waals surface area (Å²) < 4.78 is 5.15. The number of para-hydroxylation sites is 1. The molecule has 0 atom stereocenters. The smallest absolute Gasteiger partial charge is 0.230 e. The topological polar surface area (TPSA) is 51.2 Å². The zero-order valence-corrected chi connectivity index (χ0v) is 13.5. The number of carbonyl (C=O) groups is 1. The van der Waals surface area contributed by atoms with Crippen LogP contribution in [0.1, 0.15) is 5.69 Å². The second kappa shape index (κ2) is 7.07. The van der Waals surface area contributed by atoms with Gasteiger partial charge in [-0.2, -0.15) is 0 Å². The fraction of sp³-hybridized carbons (Fsp3) is 0.111. The third kappa shape index (κ3) is 3.96. The number of amides is 1. The maximum absolute atomic E-state index is 12.0. The van der Waals surface area contributed by atoms with Crippen LogP contribution in [-0.4, -0.2) is 18.0 Å². The number of rotatable bonds is 5. The Kier molecular flexibility index (Phi) is 4.68. The Morgan fingerprint density at radius 2 is 1.87 bits per heavy atom. The van der Waals surface area contributed by atoms with Crippen LogP contribution < -0.4 is 10.1 Å². The van der Waals surface area contributed by atoms with Gasteiger partial charge in [-0.25, -0.2) is 4.98 Å². The highest BCUT2D eigenvalue weighted by Crippen LogP contribution is 2.25. The van der Waals surface area contributed by atoms with Gasteiger partial charge in [-0.3, -0.25) is 4.79 Å². The number of hydrogen-bond donors (Lipinski definition) is 1. The van der Waals surface area contributed by atoms with Crippen molar-refractivity contribution < 1.29 is 9.53 Å². The molecule has 116 valence electrons. The third-order valence-corrected chi connectivity index (χ3v) is 4.23. The minimum Gasteiger partial charge on any atom is -0.497 e. The van der Waals surface area contributed by atoms with Crippen molar-refractivity contribution in [2.24, 2.45) is 0 Å². The molecule has 0 aliphatic carbocycles. The molecule has 1 heterocycles. The van der Waals surface area contributed by atoms with Crippen LogP contribution in [0.3, 0.4) is 0 Å². The molecule has 1 aromatic heterocycles. The largest absolute Gasteiger partial charge is 0.497 e. The van der Waals surface area contributed by atoms with Crippen LogP contribution in [0.5, 0.6) is 5.75 Å². The molecule has 23 heavy (non-hydrogen) atoms. The molecule has 0 radical (unpaired) electrons. The maximum Gasteiger partial charge on any atom is 0.230 e. The third-order valence-electron chi connectivity index (χ3n) is 3.29. The molecule has 0 bridgehead atoms. The van der Waals surface area contributed by atoms with Crippen molar-refractivity contribution in [2.45, 2.75) is 6.42 Å². The molecule has 2 aromatic carbocycles. The minimum absolute atomic E-state index is 0.0669. The summed E-state index contributed by atoms with van der Waals surface area (Å²) in [6.07, 6.45) is 0.265. The van der Waals surface area contributed by atoms with Crippen LogP contribution >= 0.6 is 11.3 Å². The van der Waals surface area contributed by atoms with E-state index in [1.54, 1.807) is 7.11 Å². The Labute approximate surface area is 138 Å². The number of thiazole rings is 1. The lowest BCUT2D eigenvalue weighted by molar-refractivity contribution is -0.115. The van der Waals surface area contributed by atoms with Crippen molar-refractivity contribution in [2.75, 3.05) is 12.4 Å². The second-order valence-electron chi connectivity index (χ2n) is 4.96. The first-order valence-electron chi connectivity index (χ1n) is 7.18. The molecule has 0 spiro atoms.